The molecule has 1 unspecified atom stereocenters. The molecule has 1 aliphatic heterocycles. The molecule has 2 aromatic rings. The number of nitrogens with zero attached hydrogens (tertiary/aromatic N) is 2. The summed E-state index contributed by atoms with van der Waals surface area (Å²) in [6.07, 6.45) is 2.85. The van der Waals surface area contributed by atoms with Crippen LogP contribution in [0.3, 0.4) is 0 Å². The van der Waals surface area contributed by atoms with Crippen molar-refractivity contribution in [3.8, 4) is 6.07 Å². The summed E-state index contributed by atoms with van der Waals surface area (Å²) in [5, 5.41) is 14.4. The Kier molecular flexibility index (Phi) is 5.72. The van der Waals surface area contributed by atoms with E-state index in [1.165, 1.54) is 0 Å². The predicted octanol–water partition coefficient (Wildman–Crippen LogP) is 1.87. The Bertz CT molecular complexity index is 982. The van der Waals surface area contributed by atoms with Gasteiger partial charge in [0.05, 0.1) is 16.6 Å². The second-order valence-corrected chi connectivity index (χ2v) is 8.81. The lowest BCUT2D eigenvalue weighted by molar-refractivity contribution is 0.0953. The van der Waals surface area contributed by atoms with E-state index in [4.69, 9.17) is 5.26 Å². The average molecular weight is 384 g/mol. The van der Waals surface area contributed by atoms with Crippen molar-refractivity contribution in [2.75, 3.05) is 17.6 Å². The predicted molar refractivity (Wildman–Crippen MR) is 102 cm³/mol. The van der Waals surface area contributed by atoms with Gasteiger partial charge in [0, 0.05) is 24.8 Å². The lowest BCUT2D eigenvalue weighted by atomic mass is 10.1. The topological polar surface area (TPSA) is 112 Å². The van der Waals surface area contributed by atoms with Gasteiger partial charge in [-0.1, -0.05) is 12.1 Å². The first kappa shape index (κ1) is 18.9. The van der Waals surface area contributed by atoms with E-state index >= 15 is 0 Å². The number of hydrogen-bond acceptors (Lipinski definition) is 6. The van der Waals surface area contributed by atoms with Crippen LogP contribution < -0.4 is 10.6 Å². The fourth-order valence-corrected chi connectivity index (χ4v) is 4.81. The Morgan fingerprint density at radius 1 is 1.30 bits per heavy atom. The summed E-state index contributed by atoms with van der Waals surface area (Å²) in [6.45, 7) is 0.549. The molecule has 1 aliphatic rings. The maximum absolute atomic E-state index is 12.4. The highest BCUT2D eigenvalue weighted by Gasteiger charge is 2.31. The van der Waals surface area contributed by atoms with Crippen LogP contribution in [-0.4, -0.2) is 36.9 Å². The van der Waals surface area contributed by atoms with E-state index in [0.29, 0.717) is 36.3 Å². The number of rotatable bonds is 6. The zero-order valence-electron chi connectivity index (χ0n) is 14.7. The lowest BCUT2D eigenvalue weighted by Crippen LogP contribution is -2.34. The fourth-order valence-electron chi connectivity index (χ4n) is 3.04. The van der Waals surface area contributed by atoms with E-state index in [1.54, 1.807) is 36.5 Å². The molecular weight excluding hydrogens is 364 g/mol. The molecule has 2 heterocycles. The number of benzene rings is 1. The van der Waals surface area contributed by atoms with Crippen molar-refractivity contribution in [3.63, 3.8) is 0 Å². The first-order chi connectivity index (χ1) is 13.0. The van der Waals surface area contributed by atoms with Gasteiger partial charge in [0.2, 0.25) is 0 Å². The van der Waals surface area contributed by atoms with Crippen LogP contribution in [0, 0.1) is 11.3 Å². The van der Waals surface area contributed by atoms with Crippen molar-refractivity contribution in [1.29, 1.82) is 5.26 Å². The first-order valence-electron chi connectivity index (χ1n) is 8.67. The second kappa shape index (κ2) is 8.18. The van der Waals surface area contributed by atoms with Gasteiger partial charge in [-0.2, -0.15) is 5.26 Å². The minimum absolute atomic E-state index is 0.142. The normalized spacial score (nSPS) is 17.8. The van der Waals surface area contributed by atoms with E-state index in [1.807, 2.05) is 6.07 Å². The van der Waals surface area contributed by atoms with Gasteiger partial charge in [0.25, 0.3) is 5.91 Å². The molecule has 0 saturated carbocycles. The molecule has 2 N–H and O–H groups in total. The summed E-state index contributed by atoms with van der Waals surface area (Å²) in [6, 6.07) is 12.5. The van der Waals surface area contributed by atoms with E-state index in [9.17, 15) is 13.2 Å². The van der Waals surface area contributed by atoms with Gasteiger partial charge < -0.3 is 10.6 Å². The molecule has 140 valence electrons. The van der Waals surface area contributed by atoms with Gasteiger partial charge in [-0.3, -0.25) is 4.79 Å². The van der Waals surface area contributed by atoms with Crippen molar-refractivity contribution in [3.05, 3.63) is 59.3 Å². The molecule has 0 aliphatic carbocycles. The molecular formula is C19H20N4O3S. The largest absolute Gasteiger partial charge is 0.365 e. The van der Waals surface area contributed by atoms with Crippen molar-refractivity contribution in [2.24, 2.45) is 0 Å². The molecule has 1 fully saturated rings. The highest BCUT2D eigenvalue weighted by molar-refractivity contribution is 7.92. The second-order valence-electron chi connectivity index (χ2n) is 6.41. The van der Waals surface area contributed by atoms with Crippen LogP contribution >= 0.6 is 0 Å². The summed E-state index contributed by atoms with van der Waals surface area (Å²) >= 11 is 0. The number of amides is 1. The maximum atomic E-state index is 12.4. The van der Waals surface area contributed by atoms with Crippen molar-refractivity contribution < 1.29 is 13.2 Å². The van der Waals surface area contributed by atoms with Crippen molar-refractivity contribution in [2.45, 2.75) is 24.6 Å². The number of carbonyl (C=O) groups is 1. The molecule has 1 aromatic carbocycles. The van der Waals surface area contributed by atoms with Gasteiger partial charge in [0.15, 0.2) is 9.84 Å². The van der Waals surface area contributed by atoms with E-state index < -0.39 is 15.1 Å². The Morgan fingerprint density at radius 2 is 2.15 bits per heavy atom. The van der Waals surface area contributed by atoms with Crippen molar-refractivity contribution in [1.82, 2.24) is 10.3 Å². The third kappa shape index (κ3) is 4.63. The van der Waals surface area contributed by atoms with Gasteiger partial charge in [-0.15, -0.1) is 0 Å². The van der Waals surface area contributed by atoms with Crippen molar-refractivity contribution >= 4 is 21.6 Å². The number of nitrogens with one attached hydrogen (secondary N) is 2. The smallest absolute Gasteiger partial charge is 0.251 e. The minimum Gasteiger partial charge on any atom is -0.365 e. The van der Waals surface area contributed by atoms with Gasteiger partial charge in [-0.25, -0.2) is 13.4 Å². The Balaban J connectivity index is 1.61. The number of hydrogen-bond donors (Lipinski definition) is 2. The number of aromatic nitrogens is 1. The highest BCUT2D eigenvalue weighted by Crippen LogP contribution is 2.19. The standard InChI is InChI=1S/C19H20N4O3S/c20-11-16-6-2-8-21-18(16)22-12-14-4-1-5-15(10-14)19(24)23-13-17-7-3-9-27(17,25)26/h1-2,4-6,8,10,17H,3,7,9,12-13H2,(H,21,22)(H,23,24). The Hall–Kier alpha value is -2.92. The third-order valence-electron chi connectivity index (χ3n) is 4.53. The fraction of sp³-hybridized carbons (Fsp3) is 0.316. The van der Waals surface area contributed by atoms with Gasteiger partial charge in [-0.05, 0) is 42.7 Å². The van der Waals surface area contributed by atoms with E-state index in [2.05, 4.69) is 21.7 Å². The number of nitriles is 1. The zero-order valence-corrected chi connectivity index (χ0v) is 15.5. The summed E-state index contributed by atoms with van der Waals surface area (Å²) in [5.41, 5.74) is 1.76. The lowest BCUT2D eigenvalue weighted by Gasteiger charge is -2.12. The summed E-state index contributed by atoms with van der Waals surface area (Å²) in [5.74, 6) is 0.392. The van der Waals surface area contributed by atoms with E-state index in [-0.39, 0.29) is 18.2 Å². The summed E-state index contributed by atoms with van der Waals surface area (Å²) < 4.78 is 23.7. The monoisotopic (exact) mass is 384 g/mol. The highest BCUT2D eigenvalue weighted by atomic mass is 32.2. The quantitative estimate of drug-likeness (QED) is 0.786. The molecule has 0 radical (unpaired) electrons. The Morgan fingerprint density at radius 3 is 2.89 bits per heavy atom. The van der Waals surface area contributed by atoms with Gasteiger partial charge >= 0.3 is 0 Å². The van der Waals surface area contributed by atoms with Crippen LogP contribution in [0.4, 0.5) is 5.82 Å². The molecule has 27 heavy (non-hydrogen) atoms. The minimum atomic E-state index is -3.08. The molecule has 3 rings (SSSR count). The molecule has 1 amide bonds. The number of anilines is 1. The van der Waals surface area contributed by atoms with Crippen LogP contribution in [0.1, 0.15) is 34.3 Å². The van der Waals surface area contributed by atoms with Crippen LogP contribution in [-0.2, 0) is 16.4 Å². The van der Waals surface area contributed by atoms with E-state index in [0.717, 1.165) is 5.56 Å². The van der Waals surface area contributed by atoms with Crippen LogP contribution in [0.25, 0.3) is 0 Å². The van der Waals surface area contributed by atoms with Crippen LogP contribution in [0.15, 0.2) is 42.6 Å². The molecule has 0 bridgehead atoms. The molecule has 7 nitrogen and oxygen atoms in total. The molecule has 1 saturated heterocycles. The van der Waals surface area contributed by atoms with Crippen LogP contribution in [0.2, 0.25) is 0 Å². The SMILES string of the molecule is N#Cc1cccnc1NCc1cccc(C(=O)NCC2CCCS2(=O)=O)c1. The van der Waals surface area contributed by atoms with Crippen LogP contribution in [0.5, 0.6) is 0 Å². The maximum Gasteiger partial charge on any atom is 0.251 e. The zero-order chi connectivity index (χ0) is 19.3. The number of carbonyl (C=O) groups excluding carboxylic acids is 1. The summed E-state index contributed by atoms with van der Waals surface area (Å²) in [7, 11) is -3.08. The average Bonchev–Trinajstić information content (AvgIpc) is 3.03. The number of sulfone groups is 1. The molecule has 8 heteroatoms. The molecule has 1 atom stereocenters. The summed E-state index contributed by atoms with van der Waals surface area (Å²) in [4.78, 5) is 16.5. The molecule has 0 spiro atoms. The first-order valence-corrected chi connectivity index (χ1v) is 10.4. The number of pyridine rings is 1. The van der Waals surface area contributed by atoms with Gasteiger partial charge in [0.1, 0.15) is 11.9 Å². The molecule has 1 aromatic heterocycles. The Labute approximate surface area is 158 Å². The third-order valence-corrected chi connectivity index (χ3v) is 6.81.